The van der Waals surface area contributed by atoms with Gasteiger partial charge >= 0.3 is 5.97 Å². The lowest BCUT2D eigenvalue weighted by molar-refractivity contribution is -0.153. The summed E-state index contributed by atoms with van der Waals surface area (Å²) < 4.78 is 5.19. The summed E-state index contributed by atoms with van der Waals surface area (Å²) in [5.74, 6) is -0.577. The molecule has 0 aliphatic heterocycles. The summed E-state index contributed by atoms with van der Waals surface area (Å²) in [5, 5.41) is 9.79. The fourth-order valence-electron chi connectivity index (χ4n) is 2.88. The van der Waals surface area contributed by atoms with Gasteiger partial charge in [0.25, 0.3) is 0 Å². The predicted molar refractivity (Wildman–Crippen MR) is 83.5 cm³/mol. The van der Waals surface area contributed by atoms with Crippen LogP contribution in [0.1, 0.15) is 38.7 Å². The number of ether oxygens (including phenoxy) is 1. The summed E-state index contributed by atoms with van der Waals surface area (Å²) in [6.45, 7) is 9.77. The molecule has 0 bridgehead atoms. The van der Waals surface area contributed by atoms with Crippen molar-refractivity contribution in [3.63, 3.8) is 0 Å². The Morgan fingerprint density at radius 3 is 2.48 bits per heavy atom. The number of nitriles is 1. The van der Waals surface area contributed by atoms with E-state index in [0.717, 1.165) is 5.56 Å². The molecule has 0 aliphatic rings. The molecule has 1 aromatic carbocycles. The Morgan fingerprint density at radius 2 is 2.05 bits per heavy atom. The second-order valence-corrected chi connectivity index (χ2v) is 5.43. The lowest BCUT2D eigenvalue weighted by Crippen LogP contribution is -2.39. The molecular formula is C18H23NO2. The lowest BCUT2D eigenvalue weighted by Gasteiger charge is -2.35. The van der Waals surface area contributed by atoms with E-state index in [0.29, 0.717) is 0 Å². The van der Waals surface area contributed by atoms with Crippen molar-refractivity contribution in [3.8, 4) is 6.07 Å². The molecule has 21 heavy (non-hydrogen) atoms. The summed E-state index contributed by atoms with van der Waals surface area (Å²) in [4.78, 5) is 12.5. The van der Waals surface area contributed by atoms with Gasteiger partial charge in [0.05, 0.1) is 12.7 Å². The van der Waals surface area contributed by atoms with Crippen LogP contribution in [0.2, 0.25) is 0 Å². The van der Waals surface area contributed by atoms with Gasteiger partial charge in [-0.25, -0.2) is 0 Å². The zero-order chi connectivity index (χ0) is 15.9. The molecule has 0 aromatic heterocycles. The molecule has 0 unspecified atom stereocenters. The van der Waals surface area contributed by atoms with E-state index in [-0.39, 0.29) is 24.9 Å². The zero-order valence-electron chi connectivity index (χ0n) is 13.0. The first kappa shape index (κ1) is 17.0. The van der Waals surface area contributed by atoms with Crippen LogP contribution in [-0.2, 0) is 9.53 Å². The minimum Gasteiger partial charge on any atom is -0.465 e. The van der Waals surface area contributed by atoms with Crippen molar-refractivity contribution < 1.29 is 9.53 Å². The van der Waals surface area contributed by atoms with Crippen LogP contribution in [0.15, 0.2) is 43.0 Å². The topological polar surface area (TPSA) is 50.1 Å². The summed E-state index contributed by atoms with van der Waals surface area (Å²) in [6.07, 6.45) is 1.90. The van der Waals surface area contributed by atoms with Crippen molar-refractivity contribution >= 4 is 5.97 Å². The monoisotopic (exact) mass is 285 g/mol. The Balaban J connectivity index is 3.41. The first-order chi connectivity index (χ1) is 10.0. The van der Waals surface area contributed by atoms with Crippen LogP contribution in [0.5, 0.6) is 0 Å². The molecule has 0 saturated heterocycles. The van der Waals surface area contributed by atoms with E-state index in [2.05, 4.69) is 12.6 Å². The molecule has 0 fully saturated rings. The van der Waals surface area contributed by atoms with E-state index in [1.54, 1.807) is 13.0 Å². The van der Waals surface area contributed by atoms with Crippen molar-refractivity contribution in [2.45, 2.75) is 33.1 Å². The van der Waals surface area contributed by atoms with Gasteiger partial charge in [-0.2, -0.15) is 5.26 Å². The molecule has 2 atom stereocenters. The Hall–Kier alpha value is -2.08. The highest BCUT2D eigenvalue weighted by Gasteiger charge is 2.48. The van der Waals surface area contributed by atoms with E-state index < -0.39 is 11.4 Å². The van der Waals surface area contributed by atoms with Crippen LogP contribution in [-0.4, -0.2) is 12.6 Å². The maximum absolute atomic E-state index is 12.5. The number of carbonyl (C=O) groups excluding carboxylic acids is 1. The third-order valence-corrected chi connectivity index (χ3v) is 3.66. The van der Waals surface area contributed by atoms with E-state index >= 15 is 0 Å². The highest BCUT2D eigenvalue weighted by atomic mass is 16.5. The van der Waals surface area contributed by atoms with E-state index in [4.69, 9.17) is 4.74 Å². The number of nitrogens with zero attached hydrogens (tertiary/aromatic N) is 1. The maximum Gasteiger partial charge on any atom is 0.327 e. The first-order valence-corrected chi connectivity index (χ1v) is 7.27. The van der Waals surface area contributed by atoms with Gasteiger partial charge in [0.2, 0.25) is 0 Å². The molecule has 0 heterocycles. The van der Waals surface area contributed by atoms with Gasteiger partial charge in [-0.1, -0.05) is 50.3 Å². The van der Waals surface area contributed by atoms with Crippen molar-refractivity contribution in [2.24, 2.45) is 11.3 Å². The normalized spacial score (nSPS) is 14.8. The van der Waals surface area contributed by atoms with Crippen LogP contribution in [0, 0.1) is 22.7 Å². The van der Waals surface area contributed by atoms with Crippen molar-refractivity contribution in [2.75, 3.05) is 6.61 Å². The van der Waals surface area contributed by atoms with Crippen molar-refractivity contribution in [1.82, 2.24) is 0 Å². The number of benzene rings is 1. The van der Waals surface area contributed by atoms with Crippen LogP contribution < -0.4 is 0 Å². The maximum atomic E-state index is 12.5. The van der Waals surface area contributed by atoms with Crippen molar-refractivity contribution in [1.29, 1.82) is 5.26 Å². The van der Waals surface area contributed by atoms with Crippen LogP contribution in [0.3, 0.4) is 0 Å². The van der Waals surface area contributed by atoms with E-state index in [1.165, 1.54) is 0 Å². The predicted octanol–water partition coefficient (Wildman–Crippen LogP) is 4.08. The quantitative estimate of drug-likeness (QED) is 0.560. The van der Waals surface area contributed by atoms with Crippen molar-refractivity contribution in [3.05, 3.63) is 48.6 Å². The van der Waals surface area contributed by atoms with E-state index in [9.17, 15) is 10.1 Å². The van der Waals surface area contributed by atoms with Crippen LogP contribution in [0.4, 0.5) is 0 Å². The second kappa shape index (κ2) is 7.64. The Labute approximate surface area is 127 Å². The molecule has 0 amide bonds. The summed E-state index contributed by atoms with van der Waals surface area (Å²) >= 11 is 0. The lowest BCUT2D eigenvalue weighted by atomic mass is 9.66. The van der Waals surface area contributed by atoms with Gasteiger partial charge in [-0.05, 0) is 24.8 Å². The van der Waals surface area contributed by atoms with E-state index in [1.807, 2.05) is 44.2 Å². The minimum absolute atomic E-state index is 0.122. The third-order valence-electron chi connectivity index (χ3n) is 3.66. The second-order valence-electron chi connectivity index (χ2n) is 5.43. The molecule has 0 saturated carbocycles. The van der Waals surface area contributed by atoms with Gasteiger partial charge < -0.3 is 4.74 Å². The standard InChI is InChI=1S/C18H23NO2/c1-5-12-18(13-19,17(20)21-6-2)16(14(3)4)15-10-8-7-9-11-15/h5,7-11,14,16H,1,6,12H2,2-4H3/t16-,18+/m0/s1. The highest BCUT2D eigenvalue weighted by molar-refractivity contribution is 5.82. The van der Waals surface area contributed by atoms with Crippen LogP contribution >= 0.6 is 0 Å². The SMILES string of the molecule is C=CC[C@](C#N)(C(=O)OCC)[C@H](c1ccccc1)C(C)C. The number of hydrogen-bond donors (Lipinski definition) is 0. The first-order valence-electron chi connectivity index (χ1n) is 7.27. The smallest absolute Gasteiger partial charge is 0.327 e. The Bertz CT molecular complexity index is 516. The number of esters is 1. The summed E-state index contributed by atoms with van der Waals surface area (Å²) in [5.41, 5.74) is -0.253. The average molecular weight is 285 g/mol. The molecular weight excluding hydrogens is 262 g/mol. The molecule has 0 spiro atoms. The molecule has 112 valence electrons. The summed E-state index contributed by atoms with van der Waals surface area (Å²) in [6, 6.07) is 11.9. The van der Waals surface area contributed by atoms with Gasteiger partial charge in [0.1, 0.15) is 0 Å². The number of hydrogen-bond acceptors (Lipinski definition) is 3. The number of rotatable bonds is 7. The molecule has 3 heteroatoms. The average Bonchev–Trinajstić information content (AvgIpc) is 2.47. The number of carbonyl (C=O) groups is 1. The van der Waals surface area contributed by atoms with Gasteiger partial charge in [-0.15, -0.1) is 6.58 Å². The minimum atomic E-state index is -1.23. The van der Waals surface area contributed by atoms with Gasteiger partial charge in [-0.3, -0.25) is 4.79 Å². The Morgan fingerprint density at radius 1 is 1.43 bits per heavy atom. The molecule has 1 aromatic rings. The molecule has 0 N–H and O–H groups in total. The molecule has 3 nitrogen and oxygen atoms in total. The largest absolute Gasteiger partial charge is 0.465 e. The fourth-order valence-corrected chi connectivity index (χ4v) is 2.88. The Kier molecular flexibility index (Phi) is 6.17. The number of allylic oxidation sites excluding steroid dienone is 1. The molecule has 0 aliphatic carbocycles. The fraction of sp³-hybridized carbons (Fsp3) is 0.444. The third kappa shape index (κ3) is 3.52. The summed E-state index contributed by atoms with van der Waals surface area (Å²) in [7, 11) is 0. The highest BCUT2D eigenvalue weighted by Crippen LogP contribution is 2.44. The molecule has 1 rings (SSSR count). The van der Waals surface area contributed by atoms with Crippen LogP contribution in [0.25, 0.3) is 0 Å². The molecule has 0 radical (unpaired) electrons. The van der Waals surface area contributed by atoms with Gasteiger partial charge in [0, 0.05) is 5.92 Å². The van der Waals surface area contributed by atoms with Gasteiger partial charge in [0.15, 0.2) is 5.41 Å². The zero-order valence-corrected chi connectivity index (χ0v) is 13.0.